The molecule has 9 heteroatoms. The quantitative estimate of drug-likeness (QED) is 0.628. The highest BCUT2D eigenvalue weighted by atomic mass is 35.5. The minimum Gasteiger partial charge on any atom is -0.349 e. The van der Waals surface area contributed by atoms with Crippen molar-refractivity contribution < 1.29 is 9.59 Å². The first-order valence-electron chi connectivity index (χ1n) is 11.0. The lowest BCUT2D eigenvalue weighted by molar-refractivity contribution is -0.148. The number of carbonyl (C=O) groups excluding carboxylic acids is 2. The van der Waals surface area contributed by atoms with Gasteiger partial charge in [0.15, 0.2) is 0 Å². The monoisotopic (exact) mass is 479 g/mol. The van der Waals surface area contributed by atoms with Crippen LogP contribution in [0.3, 0.4) is 0 Å². The average Bonchev–Trinajstić information content (AvgIpc) is 3.16. The lowest BCUT2D eigenvalue weighted by atomic mass is 9.72. The summed E-state index contributed by atoms with van der Waals surface area (Å²) in [6.07, 6.45) is 3.83. The Hall–Kier alpha value is -2.09. The van der Waals surface area contributed by atoms with E-state index >= 15 is 0 Å². The van der Waals surface area contributed by atoms with Crippen LogP contribution in [0.4, 0.5) is 0 Å². The van der Waals surface area contributed by atoms with E-state index in [2.05, 4.69) is 25.5 Å². The molecule has 3 aliphatic rings. The van der Waals surface area contributed by atoms with Crippen molar-refractivity contribution in [1.82, 2.24) is 25.5 Å². The molecule has 7 nitrogen and oxygen atoms in total. The fourth-order valence-electron chi connectivity index (χ4n) is 5.59. The second kappa shape index (κ2) is 10.2. The molecule has 32 heavy (non-hydrogen) atoms. The number of carbonyl (C=O) groups is 2. The van der Waals surface area contributed by atoms with Crippen molar-refractivity contribution in [1.29, 1.82) is 0 Å². The molecule has 2 bridgehead atoms. The summed E-state index contributed by atoms with van der Waals surface area (Å²) in [5.74, 6) is 1.70. The van der Waals surface area contributed by atoms with E-state index in [0.717, 1.165) is 43.6 Å². The molecule has 4 atom stereocenters. The van der Waals surface area contributed by atoms with Crippen molar-refractivity contribution >= 4 is 36.6 Å². The third-order valence-electron chi connectivity index (χ3n) is 7.02. The van der Waals surface area contributed by atoms with Crippen molar-refractivity contribution in [2.45, 2.75) is 44.7 Å². The van der Waals surface area contributed by atoms with Crippen molar-refractivity contribution in [3.8, 4) is 11.4 Å². The fraction of sp³-hybridized carbons (Fsp3) is 0.522. The first kappa shape index (κ1) is 24.6. The molecule has 1 aromatic carbocycles. The molecule has 2 aromatic rings. The molecule has 0 radical (unpaired) electrons. The van der Waals surface area contributed by atoms with E-state index in [1.165, 1.54) is 0 Å². The van der Waals surface area contributed by atoms with Crippen LogP contribution in [0.1, 0.15) is 41.9 Å². The molecular formula is C23H31Cl2N5O2. The number of aromatic nitrogens is 2. The summed E-state index contributed by atoms with van der Waals surface area (Å²) in [5.41, 5.74) is 2.13. The first-order valence-corrected chi connectivity index (χ1v) is 11.0. The van der Waals surface area contributed by atoms with Crippen LogP contribution in [0.5, 0.6) is 0 Å². The van der Waals surface area contributed by atoms with Crippen molar-refractivity contribution in [2.75, 3.05) is 19.6 Å². The Morgan fingerprint density at radius 3 is 2.72 bits per heavy atom. The van der Waals surface area contributed by atoms with E-state index in [1.807, 2.05) is 37.3 Å². The van der Waals surface area contributed by atoms with E-state index in [0.29, 0.717) is 42.4 Å². The molecule has 4 heterocycles. The maximum absolute atomic E-state index is 13.0. The number of nitrogens with zero attached hydrogens (tertiary/aromatic N) is 2. The fourth-order valence-corrected chi connectivity index (χ4v) is 5.59. The van der Waals surface area contributed by atoms with E-state index in [1.54, 1.807) is 0 Å². The SMILES string of the molecule is Cc1[nH]c(-c2ccccc2)nc1C(=O)NC[C@H]1[C@@H]2CNC[C@@H](C2)[C@@H]2CCCC(=O)N21.Cl.Cl. The number of nitrogens with one attached hydrogen (secondary N) is 3. The Morgan fingerprint density at radius 2 is 1.94 bits per heavy atom. The van der Waals surface area contributed by atoms with Crippen LogP contribution >= 0.6 is 24.8 Å². The van der Waals surface area contributed by atoms with E-state index in [-0.39, 0.29) is 42.7 Å². The number of aryl methyl sites for hydroxylation is 1. The number of halogens is 2. The van der Waals surface area contributed by atoms with Gasteiger partial charge in [-0.2, -0.15) is 0 Å². The summed E-state index contributed by atoms with van der Waals surface area (Å²) < 4.78 is 0. The van der Waals surface area contributed by atoms with Crippen LogP contribution in [0, 0.1) is 18.8 Å². The van der Waals surface area contributed by atoms with E-state index < -0.39 is 0 Å². The Labute approximate surface area is 200 Å². The van der Waals surface area contributed by atoms with Crippen molar-refractivity contribution in [3.63, 3.8) is 0 Å². The van der Waals surface area contributed by atoms with Crippen molar-refractivity contribution in [2.24, 2.45) is 11.8 Å². The van der Waals surface area contributed by atoms with Crippen molar-refractivity contribution in [3.05, 3.63) is 41.7 Å². The average molecular weight is 480 g/mol. The number of fused-ring (bicyclic) bond motifs is 4. The maximum atomic E-state index is 13.0. The van der Waals surface area contributed by atoms with Gasteiger partial charge < -0.3 is 20.5 Å². The van der Waals surface area contributed by atoms with Crippen LogP contribution < -0.4 is 10.6 Å². The molecule has 3 fully saturated rings. The number of hydrogen-bond donors (Lipinski definition) is 3. The number of hydrogen-bond acceptors (Lipinski definition) is 4. The Balaban J connectivity index is 0.00000144. The third kappa shape index (κ3) is 4.51. The number of aromatic amines is 1. The number of rotatable bonds is 4. The highest BCUT2D eigenvalue weighted by Crippen LogP contribution is 2.39. The summed E-state index contributed by atoms with van der Waals surface area (Å²) in [4.78, 5) is 35.6. The van der Waals surface area contributed by atoms with Crippen LogP contribution in [0.2, 0.25) is 0 Å². The number of imidazole rings is 1. The smallest absolute Gasteiger partial charge is 0.271 e. The van der Waals surface area contributed by atoms with Gasteiger partial charge in [-0.25, -0.2) is 4.98 Å². The van der Waals surface area contributed by atoms with Crippen LogP contribution in [0.25, 0.3) is 11.4 Å². The van der Waals surface area contributed by atoms with Gasteiger partial charge in [0.05, 0.1) is 6.04 Å². The highest BCUT2D eigenvalue weighted by Gasteiger charge is 2.47. The molecule has 1 aromatic heterocycles. The predicted octanol–water partition coefficient (Wildman–Crippen LogP) is 2.95. The molecule has 0 unspecified atom stereocenters. The molecule has 5 rings (SSSR count). The molecule has 0 spiro atoms. The number of benzene rings is 1. The molecule has 174 valence electrons. The predicted molar refractivity (Wildman–Crippen MR) is 128 cm³/mol. The van der Waals surface area contributed by atoms with Gasteiger partial charge in [-0.3, -0.25) is 9.59 Å². The van der Waals surface area contributed by atoms with Crippen LogP contribution in [-0.2, 0) is 4.79 Å². The Bertz CT molecular complexity index is 951. The van der Waals surface area contributed by atoms with Gasteiger partial charge in [0, 0.05) is 36.8 Å². The lowest BCUT2D eigenvalue weighted by Crippen LogP contribution is -2.66. The lowest BCUT2D eigenvalue weighted by Gasteiger charge is -2.54. The number of amides is 2. The summed E-state index contributed by atoms with van der Waals surface area (Å²) in [6, 6.07) is 10.2. The third-order valence-corrected chi connectivity index (χ3v) is 7.02. The zero-order chi connectivity index (χ0) is 20.7. The summed E-state index contributed by atoms with van der Waals surface area (Å²) >= 11 is 0. The second-order valence-electron chi connectivity index (χ2n) is 8.88. The molecule has 0 aliphatic carbocycles. The highest BCUT2D eigenvalue weighted by molar-refractivity contribution is 5.94. The second-order valence-corrected chi connectivity index (χ2v) is 8.88. The topological polar surface area (TPSA) is 90.1 Å². The zero-order valence-electron chi connectivity index (χ0n) is 18.2. The summed E-state index contributed by atoms with van der Waals surface area (Å²) in [6.45, 7) is 4.26. The first-order chi connectivity index (χ1) is 14.6. The number of H-pyrrole nitrogens is 1. The normalized spacial score (nSPS) is 26.4. The number of piperidine rings is 3. The molecule has 2 amide bonds. The Morgan fingerprint density at radius 1 is 1.19 bits per heavy atom. The Kier molecular flexibility index (Phi) is 7.85. The standard InChI is InChI=1S/C23H29N5O2.2ClH/c1-14-21(27-22(26-14)15-6-3-2-4-7-15)23(30)25-13-19-17-10-16(11-24-12-17)18-8-5-9-20(29)28(18)19;;/h2-4,6-7,16-19,24H,5,8-13H2,1H3,(H,25,30)(H,26,27);2*1H/t16-,17+,18+,19+;;/m1../s1. The maximum Gasteiger partial charge on any atom is 0.271 e. The van der Waals surface area contributed by atoms with Gasteiger partial charge >= 0.3 is 0 Å². The minimum absolute atomic E-state index is 0. The molecule has 3 N–H and O–H groups in total. The van der Waals surface area contributed by atoms with Gasteiger partial charge in [-0.1, -0.05) is 30.3 Å². The van der Waals surface area contributed by atoms with E-state index in [9.17, 15) is 9.59 Å². The van der Waals surface area contributed by atoms with Gasteiger partial charge in [0.25, 0.3) is 5.91 Å². The van der Waals surface area contributed by atoms with E-state index in [4.69, 9.17) is 0 Å². The minimum atomic E-state index is -0.183. The van der Waals surface area contributed by atoms with Gasteiger partial charge in [0.2, 0.25) is 5.91 Å². The largest absolute Gasteiger partial charge is 0.349 e. The van der Waals surface area contributed by atoms with Gasteiger partial charge in [0.1, 0.15) is 11.5 Å². The molecule has 3 aliphatic heterocycles. The molecular weight excluding hydrogens is 449 g/mol. The zero-order valence-corrected chi connectivity index (χ0v) is 19.8. The van der Waals surface area contributed by atoms with Crippen LogP contribution in [-0.4, -0.2) is 58.4 Å². The molecule has 0 saturated carbocycles. The van der Waals surface area contributed by atoms with Gasteiger partial charge in [-0.15, -0.1) is 24.8 Å². The summed E-state index contributed by atoms with van der Waals surface area (Å²) in [5, 5.41) is 6.63. The van der Waals surface area contributed by atoms with Crippen LogP contribution in [0.15, 0.2) is 30.3 Å². The summed E-state index contributed by atoms with van der Waals surface area (Å²) in [7, 11) is 0. The van der Waals surface area contributed by atoms with Gasteiger partial charge in [-0.05, 0) is 44.6 Å². The molecule has 3 saturated heterocycles.